The van der Waals surface area contributed by atoms with Crippen molar-refractivity contribution in [2.75, 3.05) is 25.5 Å². The van der Waals surface area contributed by atoms with E-state index in [-0.39, 0.29) is 12.0 Å². The second-order valence-electron chi connectivity index (χ2n) is 5.65. The lowest BCUT2D eigenvalue weighted by Gasteiger charge is -2.16. The van der Waals surface area contributed by atoms with E-state index in [4.69, 9.17) is 9.47 Å². The van der Waals surface area contributed by atoms with Crippen molar-refractivity contribution in [3.63, 3.8) is 0 Å². The topological polar surface area (TPSA) is 59.6 Å². The summed E-state index contributed by atoms with van der Waals surface area (Å²) in [6.45, 7) is 5.13. The standard InChI is InChI=1S/C16H24N2O3/c1-11(2)21-15-7-6-13(20-3)8-14(15)18-16(19)10-17-9-12-4-5-12/h6-8,11-12,17H,4-5,9-10H2,1-3H3,(H,18,19). The van der Waals surface area contributed by atoms with Crippen molar-refractivity contribution in [2.24, 2.45) is 5.92 Å². The number of benzene rings is 1. The van der Waals surface area contributed by atoms with Gasteiger partial charge in [-0.15, -0.1) is 0 Å². The normalized spacial score (nSPS) is 14.1. The number of carbonyl (C=O) groups excluding carboxylic acids is 1. The summed E-state index contributed by atoms with van der Waals surface area (Å²) >= 11 is 0. The van der Waals surface area contributed by atoms with Gasteiger partial charge in [0.2, 0.25) is 5.91 Å². The number of carbonyl (C=O) groups is 1. The predicted octanol–water partition coefficient (Wildman–Crippen LogP) is 2.42. The average molecular weight is 292 g/mol. The summed E-state index contributed by atoms with van der Waals surface area (Å²) < 4.78 is 10.9. The molecular formula is C16H24N2O3. The van der Waals surface area contributed by atoms with Crippen LogP contribution in [-0.4, -0.2) is 32.2 Å². The monoisotopic (exact) mass is 292 g/mol. The lowest BCUT2D eigenvalue weighted by molar-refractivity contribution is -0.115. The maximum atomic E-state index is 12.0. The lowest BCUT2D eigenvalue weighted by Crippen LogP contribution is -2.29. The molecule has 0 spiro atoms. The average Bonchev–Trinajstić information content (AvgIpc) is 3.24. The Morgan fingerprint density at radius 1 is 1.38 bits per heavy atom. The number of amides is 1. The lowest BCUT2D eigenvalue weighted by atomic mass is 10.2. The molecule has 0 aromatic heterocycles. The molecule has 1 aromatic rings. The molecule has 2 rings (SSSR count). The van der Waals surface area contributed by atoms with E-state index >= 15 is 0 Å². The third kappa shape index (κ3) is 5.27. The number of hydrogen-bond donors (Lipinski definition) is 2. The molecule has 1 amide bonds. The molecule has 0 aliphatic heterocycles. The van der Waals surface area contributed by atoms with E-state index in [0.717, 1.165) is 12.5 Å². The number of methoxy groups -OCH3 is 1. The minimum absolute atomic E-state index is 0.0436. The molecule has 0 atom stereocenters. The minimum atomic E-state index is -0.0718. The van der Waals surface area contributed by atoms with E-state index in [1.54, 1.807) is 13.2 Å². The van der Waals surface area contributed by atoms with E-state index in [0.29, 0.717) is 23.7 Å². The van der Waals surface area contributed by atoms with Crippen molar-refractivity contribution in [3.05, 3.63) is 18.2 Å². The Labute approximate surface area is 126 Å². The molecule has 0 heterocycles. The molecule has 0 unspecified atom stereocenters. The molecule has 116 valence electrons. The molecule has 5 heteroatoms. The molecule has 1 aromatic carbocycles. The van der Waals surface area contributed by atoms with Crippen molar-refractivity contribution in [1.82, 2.24) is 5.32 Å². The van der Waals surface area contributed by atoms with Gasteiger partial charge in [0.05, 0.1) is 25.4 Å². The summed E-state index contributed by atoms with van der Waals surface area (Å²) in [5, 5.41) is 6.05. The van der Waals surface area contributed by atoms with Gasteiger partial charge in [-0.3, -0.25) is 4.79 Å². The van der Waals surface area contributed by atoms with Crippen molar-refractivity contribution in [1.29, 1.82) is 0 Å². The summed E-state index contributed by atoms with van der Waals surface area (Å²) in [5.41, 5.74) is 0.640. The SMILES string of the molecule is COc1ccc(OC(C)C)c(NC(=O)CNCC2CC2)c1. The Hall–Kier alpha value is -1.75. The van der Waals surface area contributed by atoms with Crippen LogP contribution in [0.3, 0.4) is 0 Å². The maximum absolute atomic E-state index is 12.0. The van der Waals surface area contributed by atoms with Gasteiger partial charge >= 0.3 is 0 Å². The van der Waals surface area contributed by atoms with Crippen LogP contribution in [-0.2, 0) is 4.79 Å². The summed E-state index contributed by atoms with van der Waals surface area (Å²) in [7, 11) is 1.60. The number of ether oxygens (including phenoxy) is 2. The third-order valence-corrected chi connectivity index (χ3v) is 3.24. The van der Waals surface area contributed by atoms with Crippen LogP contribution >= 0.6 is 0 Å². The fourth-order valence-electron chi connectivity index (χ4n) is 2.00. The van der Waals surface area contributed by atoms with Crippen molar-refractivity contribution < 1.29 is 14.3 Å². The molecule has 1 aliphatic carbocycles. The highest BCUT2D eigenvalue weighted by Gasteiger charge is 2.20. The van der Waals surface area contributed by atoms with Crippen molar-refractivity contribution in [3.8, 4) is 11.5 Å². The Bertz CT molecular complexity index is 484. The Balaban J connectivity index is 1.95. The van der Waals surface area contributed by atoms with Gasteiger partial charge in [-0.1, -0.05) is 0 Å². The number of anilines is 1. The summed E-state index contributed by atoms with van der Waals surface area (Å²) in [6, 6.07) is 5.40. The summed E-state index contributed by atoms with van der Waals surface area (Å²) in [4.78, 5) is 12.0. The number of rotatable bonds is 8. The first kappa shape index (κ1) is 15.6. The Morgan fingerprint density at radius 3 is 2.76 bits per heavy atom. The molecule has 2 N–H and O–H groups in total. The molecule has 1 fully saturated rings. The minimum Gasteiger partial charge on any atom is -0.497 e. The van der Waals surface area contributed by atoms with E-state index in [1.165, 1.54) is 12.8 Å². The third-order valence-electron chi connectivity index (χ3n) is 3.24. The van der Waals surface area contributed by atoms with Gasteiger partial charge in [0.1, 0.15) is 11.5 Å². The van der Waals surface area contributed by atoms with Crippen LogP contribution < -0.4 is 20.1 Å². The largest absolute Gasteiger partial charge is 0.497 e. The zero-order chi connectivity index (χ0) is 15.2. The molecule has 21 heavy (non-hydrogen) atoms. The van der Waals surface area contributed by atoms with Gasteiger partial charge in [-0.05, 0) is 51.3 Å². The van der Waals surface area contributed by atoms with Crippen LogP contribution in [0.25, 0.3) is 0 Å². The summed E-state index contributed by atoms with van der Waals surface area (Å²) in [6.07, 6.45) is 2.59. The highest BCUT2D eigenvalue weighted by Crippen LogP contribution is 2.30. The van der Waals surface area contributed by atoms with Crippen molar-refractivity contribution in [2.45, 2.75) is 32.8 Å². The van der Waals surface area contributed by atoms with Gasteiger partial charge in [-0.25, -0.2) is 0 Å². The maximum Gasteiger partial charge on any atom is 0.238 e. The molecule has 0 saturated heterocycles. The number of hydrogen-bond acceptors (Lipinski definition) is 4. The quantitative estimate of drug-likeness (QED) is 0.772. The number of nitrogens with one attached hydrogen (secondary N) is 2. The van der Waals surface area contributed by atoms with E-state index in [2.05, 4.69) is 10.6 Å². The van der Waals surface area contributed by atoms with Gasteiger partial charge in [-0.2, -0.15) is 0 Å². The first-order chi connectivity index (χ1) is 10.1. The van der Waals surface area contributed by atoms with Gasteiger partial charge in [0, 0.05) is 6.07 Å². The van der Waals surface area contributed by atoms with Gasteiger partial charge in [0.15, 0.2) is 0 Å². The van der Waals surface area contributed by atoms with Crippen molar-refractivity contribution >= 4 is 11.6 Å². The molecule has 0 bridgehead atoms. The van der Waals surface area contributed by atoms with Crippen LogP contribution in [0.1, 0.15) is 26.7 Å². The van der Waals surface area contributed by atoms with E-state index in [1.807, 2.05) is 26.0 Å². The Kier molecular flexibility index (Phi) is 5.44. The second-order valence-corrected chi connectivity index (χ2v) is 5.65. The molecular weight excluding hydrogens is 268 g/mol. The van der Waals surface area contributed by atoms with E-state index < -0.39 is 0 Å². The highest BCUT2D eigenvalue weighted by atomic mass is 16.5. The summed E-state index contributed by atoms with van der Waals surface area (Å²) in [5.74, 6) is 2.03. The zero-order valence-corrected chi connectivity index (χ0v) is 12.9. The van der Waals surface area contributed by atoms with Crippen LogP contribution in [0.5, 0.6) is 11.5 Å². The molecule has 1 aliphatic rings. The van der Waals surface area contributed by atoms with Crippen LogP contribution in [0.4, 0.5) is 5.69 Å². The fraction of sp³-hybridized carbons (Fsp3) is 0.562. The predicted molar refractivity (Wildman–Crippen MR) is 83.0 cm³/mol. The molecule has 1 saturated carbocycles. The highest BCUT2D eigenvalue weighted by molar-refractivity contribution is 5.94. The van der Waals surface area contributed by atoms with Crippen LogP contribution in [0, 0.1) is 5.92 Å². The van der Waals surface area contributed by atoms with Crippen LogP contribution in [0.2, 0.25) is 0 Å². The van der Waals surface area contributed by atoms with Crippen LogP contribution in [0.15, 0.2) is 18.2 Å². The first-order valence-corrected chi connectivity index (χ1v) is 7.43. The second kappa shape index (κ2) is 7.31. The first-order valence-electron chi connectivity index (χ1n) is 7.43. The van der Waals surface area contributed by atoms with E-state index in [9.17, 15) is 4.79 Å². The fourth-order valence-corrected chi connectivity index (χ4v) is 2.00. The van der Waals surface area contributed by atoms with Gasteiger partial charge < -0.3 is 20.1 Å². The zero-order valence-electron chi connectivity index (χ0n) is 12.9. The smallest absolute Gasteiger partial charge is 0.238 e. The Morgan fingerprint density at radius 2 is 2.14 bits per heavy atom. The van der Waals surface area contributed by atoms with Gasteiger partial charge in [0.25, 0.3) is 0 Å². The molecule has 5 nitrogen and oxygen atoms in total. The molecule has 0 radical (unpaired) electrons.